The van der Waals surface area contributed by atoms with Crippen LogP contribution < -0.4 is 14.4 Å². The van der Waals surface area contributed by atoms with Gasteiger partial charge in [-0.15, -0.1) is 0 Å². The van der Waals surface area contributed by atoms with Crippen LogP contribution in [-0.4, -0.2) is 27.2 Å². The summed E-state index contributed by atoms with van der Waals surface area (Å²) in [6.07, 6.45) is 1.13. The van der Waals surface area contributed by atoms with Gasteiger partial charge in [0.25, 0.3) is 5.91 Å². The van der Waals surface area contributed by atoms with E-state index in [0.717, 1.165) is 29.5 Å². The lowest BCUT2D eigenvalue weighted by atomic mass is 10.1. The number of aryl methyl sites for hydroxylation is 1. The molecule has 32 heavy (non-hydrogen) atoms. The third kappa shape index (κ3) is 6.27. The Bertz CT molecular complexity index is 1200. The predicted octanol–water partition coefficient (Wildman–Crippen LogP) is 4.26. The van der Waals surface area contributed by atoms with Crippen LogP contribution in [0.4, 0.5) is 20.2 Å². The summed E-state index contributed by atoms with van der Waals surface area (Å²) in [7, 11) is -3.53. The number of ether oxygens (including phenoxy) is 1. The zero-order chi connectivity index (χ0) is 23.3. The van der Waals surface area contributed by atoms with Gasteiger partial charge in [0, 0.05) is 11.8 Å². The minimum atomic E-state index is -3.53. The molecule has 0 heterocycles. The van der Waals surface area contributed by atoms with Crippen LogP contribution >= 0.6 is 0 Å². The summed E-state index contributed by atoms with van der Waals surface area (Å²) in [5.41, 5.74) is 2.48. The summed E-state index contributed by atoms with van der Waals surface area (Å²) in [4.78, 5) is 12.0. The molecular formula is C23H22F2N2O4S. The maximum Gasteiger partial charge on any atom is 0.262 e. The molecule has 168 valence electrons. The number of hydrogen-bond donors (Lipinski definition) is 1. The first kappa shape index (κ1) is 23.2. The SMILES string of the molecule is Cc1ccc(CN(c2ccc(OCC(=O)Nc3ccc(F)c(F)c3)cc2)S(C)(=O)=O)cc1. The molecule has 0 bridgehead atoms. The molecule has 9 heteroatoms. The molecule has 3 aromatic carbocycles. The highest BCUT2D eigenvalue weighted by Crippen LogP contribution is 2.24. The van der Waals surface area contributed by atoms with Crippen LogP contribution in [0.5, 0.6) is 5.75 Å². The number of anilines is 2. The van der Waals surface area contributed by atoms with Gasteiger partial charge in [-0.1, -0.05) is 29.8 Å². The fourth-order valence-electron chi connectivity index (χ4n) is 2.89. The standard InChI is InChI=1S/C23H22F2N2O4S/c1-16-3-5-17(6-4-16)14-27(32(2,29)30)19-8-10-20(11-9-19)31-15-23(28)26-18-7-12-21(24)22(25)13-18/h3-13H,14-15H2,1-2H3,(H,26,28). The van der Waals surface area contributed by atoms with E-state index in [1.807, 2.05) is 31.2 Å². The van der Waals surface area contributed by atoms with Gasteiger partial charge in [0.05, 0.1) is 18.5 Å². The molecule has 0 aliphatic heterocycles. The summed E-state index contributed by atoms with van der Waals surface area (Å²) < 4.78 is 57.5. The quantitative estimate of drug-likeness (QED) is 0.545. The van der Waals surface area contributed by atoms with Gasteiger partial charge in [0.1, 0.15) is 5.75 Å². The Morgan fingerprint density at radius 1 is 0.969 bits per heavy atom. The topological polar surface area (TPSA) is 75.7 Å². The van der Waals surface area contributed by atoms with E-state index in [2.05, 4.69) is 5.32 Å². The zero-order valence-corrected chi connectivity index (χ0v) is 18.3. The van der Waals surface area contributed by atoms with E-state index >= 15 is 0 Å². The number of sulfonamides is 1. The number of hydrogen-bond acceptors (Lipinski definition) is 4. The first-order chi connectivity index (χ1) is 15.1. The molecule has 1 amide bonds. The largest absolute Gasteiger partial charge is 0.484 e. The summed E-state index contributed by atoms with van der Waals surface area (Å²) in [6.45, 7) is 1.77. The van der Waals surface area contributed by atoms with Gasteiger partial charge in [-0.2, -0.15) is 0 Å². The number of halogens is 2. The molecule has 0 aliphatic rings. The van der Waals surface area contributed by atoms with Gasteiger partial charge < -0.3 is 10.1 Å². The number of nitrogens with zero attached hydrogens (tertiary/aromatic N) is 1. The average Bonchev–Trinajstić information content (AvgIpc) is 2.74. The Morgan fingerprint density at radius 2 is 1.62 bits per heavy atom. The molecular weight excluding hydrogens is 438 g/mol. The second-order valence-corrected chi connectivity index (χ2v) is 9.12. The van der Waals surface area contributed by atoms with E-state index in [1.54, 1.807) is 24.3 Å². The highest BCUT2D eigenvalue weighted by molar-refractivity contribution is 7.92. The van der Waals surface area contributed by atoms with Crippen LogP contribution in [0.1, 0.15) is 11.1 Å². The van der Waals surface area contributed by atoms with Crippen molar-refractivity contribution in [3.63, 3.8) is 0 Å². The minimum absolute atomic E-state index is 0.104. The molecule has 0 unspecified atom stereocenters. The maximum absolute atomic E-state index is 13.2. The Labute approximate surface area is 185 Å². The average molecular weight is 461 g/mol. The summed E-state index contributed by atoms with van der Waals surface area (Å²) >= 11 is 0. The fraction of sp³-hybridized carbons (Fsp3) is 0.174. The molecule has 0 fully saturated rings. The van der Waals surface area contributed by atoms with Crippen molar-refractivity contribution >= 4 is 27.3 Å². The van der Waals surface area contributed by atoms with Crippen molar-refractivity contribution in [3.05, 3.63) is 89.5 Å². The lowest BCUT2D eigenvalue weighted by Gasteiger charge is -2.23. The maximum atomic E-state index is 13.2. The van der Waals surface area contributed by atoms with Crippen LogP contribution in [0.15, 0.2) is 66.7 Å². The minimum Gasteiger partial charge on any atom is -0.484 e. The molecule has 3 aromatic rings. The molecule has 6 nitrogen and oxygen atoms in total. The molecule has 0 saturated carbocycles. The van der Waals surface area contributed by atoms with Crippen LogP contribution in [0.2, 0.25) is 0 Å². The third-order valence-corrected chi connectivity index (χ3v) is 5.69. The Hall–Kier alpha value is -3.46. The Balaban J connectivity index is 1.63. The number of rotatable bonds is 8. The number of amides is 1. The molecule has 0 saturated heterocycles. The summed E-state index contributed by atoms with van der Waals surface area (Å²) in [6, 6.07) is 16.9. The van der Waals surface area contributed by atoms with Crippen LogP contribution in [-0.2, 0) is 21.4 Å². The second-order valence-electron chi connectivity index (χ2n) is 7.21. The normalized spacial score (nSPS) is 11.1. The first-order valence-electron chi connectivity index (χ1n) is 9.63. The van der Waals surface area contributed by atoms with E-state index in [4.69, 9.17) is 4.74 Å². The summed E-state index contributed by atoms with van der Waals surface area (Å²) in [5, 5.41) is 2.40. The van der Waals surface area contributed by atoms with E-state index in [-0.39, 0.29) is 18.8 Å². The van der Waals surface area contributed by atoms with Gasteiger partial charge in [-0.05, 0) is 48.9 Å². The smallest absolute Gasteiger partial charge is 0.262 e. The number of benzene rings is 3. The van der Waals surface area contributed by atoms with Gasteiger partial charge >= 0.3 is 0 Å². The van der Waals surface area contributed by atoms with Crippen molar-refractivity contribution in [2.45, 2.75) is 13.5 Å². The van der Waals surface area contributed by atoms with E-state index in [1.165, 1.54) is 10.4 Å². The van der Waals surface area contributed by atoms with Crippen molar-refractivity contribution in [1.29, 1.82) is 0 Å². The van der Waals surface area contributed by atoms with Crippen molar-refractivity contribution in [1.82, 2.24) is 0 Å². The molecule has 1 N–H and O–H groups in total. The molecule has 0 spiro atoms. The second kappa shape index (κ2) is 9.78. The van der Waals surface area contributed by atoms with E-state index in [9.17, 15) is 22.0 Å². The number of carbonyl (C=O) groups is 1. The fourth-order valence-corrected chi connectivity index (χ4v) is 3.78. The number of carbonyl (C=O) groups excluding carboxylic acids is 1. The van der Waals surface area contributed by atoms with Gasteiger partial charge in [-0.25, -0.2) is 17.2 Å². The highest BCUT2D eigenvalue weighted by Gasteiger charge is 2.18. The van der Waals surface area contributed by atoms with E-state index in [0.29, 0.717) is 11.4 Å². The molecule has 0 aromatic heterocycles. The van der Waals surface area contributed by atoms with Crippen LogP contribution in [0.3, 0.4) is 0 Å². The van der Waals surface area contributed by atoms with Crippen molar-refractivity contribution in [2.75, 3.05) is 22.5 Å². The van der Waals surface area contributed by atoms with Crippen molar-refractivity contribution in [2.24, 2.45) is 0 Å². The first-order valence-corrected chi connectivity index (χ1v) is 11.5. The molecule has 3 rings (SSSR count). The Morgan fingerprint density at radius 3 is 2.22 bits per heavy atom. The zero-order valence-electron chi connectivity index (χ0n) is 17.5. The lowest BCUT2D eigenvalue weighted by molar-refractivity contribution is -0.118. The van der Waals surface area contributed by atoms with Gasteiger partial charge in [0.2, 0.25) is 10.0 Å². The molecule has 0 atom stereocenters. The monoisotopic (exact) mass is 460 g/mol. The number of nitrogens with one attached hydrogen (secondary N) is 1. The predicted molar refractivity (Wildman–Crippen MR) is 119 cm³/mol. The third-order valence-electron chi connectivity index (χ3n) is 4.55. The van der Waals surface area contributed by atoms with E-state index < -0.39 is 27.6 Å². The summed E-state index contributed by atoms with van der Waals surface area (Å²) in [5.74, 6) is -2.29. The van der Waals surface area contributed by atoms with Gasteiger partial charge in [-0.3, -0.25) is 9.10 Å². The molecule has 0 radical (unpaired) electrons. The highest BCUT2D eigenvalue weighted by atomic mass is 32.2. The van der Waals surface area contributed by atoms with Crippen LogP contribution in [0.25, 0.3) is 0 Å². The van der Waals surface area contributed by atoms with Gasteiger partial charge in [0.15, 0.2) is 18.2 Å². The Kier molecular flexibility index (Phi) is 7.09. The molecule has 0 aliphatic carbocycles. The van der Waals surface area contributed by atoms with Crippen molar-refractivity contribution < 1.29 is 26.7 Å². The van der Waals surface area contributed by atoms with Crippen LogP contribution in [0, 0.1) is 18.6 Å². The lowest BCUT2D eigenvalue weighted by Crippen LogP contribution is -2.29. The van der Waals surface area contributed by atoms with Crippen molar-refractivity contribution in [3.8, 4) is 5.75 Å².